The minimum Gasteiger partial charge on any atom is -0.399 e. The van der Waals surface area contributed by atoms with Gasteiger partial charge >= 0.3 is 0 Å². The molecule has 0 atom stereocenters. The fourth-order valence-corrected chi connectivity index (χ4v) is 2.13. The van der Waals surface area contributed by atoms with Crippen molar-refractivity contribution in [2.24, 2.45) is 5.73 Å². The van der Waals surface area contributed by atoms with Crippen molar-refractivity contribution in [3.63, 3.8) is 0 Å². The molecule has 0 aromatic heterocycles. The number of carbonyl (C=O) groups is 1. The first-order chi connectivity index (χ1) is 9.40. The first-order valence-corrected chi connectivity index (χ1v) is 6.25. The zero-order chi connectivity index (χ0) is 14.9. The summed E-state index contributed by atoms with van der Waals surface area (Å²) in [5.74, 6) is -1.39. The molecule has 1 amide bonds. The lowest BCUT2D eigenvalue weighted by Gasteiger charge is -2.14. The highest BCUT2D eigenvalue weighted by molar-refractivity contribution is 6.34. The highest BCUT2D eigenvalue weighted by Gasteiger charge is 2.15. The molecule has 2 rings (SSSR count). The number of benzene rings is 2. The van der Waals surface area contributed by atoms with Crippen LogP contribution in [0, 0.1) is 5.82 Å². The van der Waals surface area contributed by atoms with E-state index in [4.69, 9.17) is 34.7 Å². The van der Waals surface area contributed by atoms with Gasteiger partial charge in [-0.25, -0.2) is 4.39 Å². The Morgan fingerprint density at radius 2 is 1.90 bits per heavy atom. The van der Waals surface area contributed by atoms with Gasteiger partial charge in [0, 0.05) is 5.69 Å². The Morgan fingerprint density at radius 3 is 2.55 bits per heavy atom. The summed E-state index contributed by atoms with van der Waals surface area (Å²) in [5.41, 5.74) is 11.5. The molecule has 0 unspecified atom stereocenters. The van der Waals surface area contributed by atoms with Gasteiger partial charge in [0.25, 0.3) is 5.91 Å². The molecule has 0 saturated heterocycles. The van der Waals surface area contributed by atoms with E-state index in [2.05, 4.69) is 5.32 Å². The predicted molar refractivity (Wildman–Crippen MR) is 79.1 cm³/mol. The van der Waals surface area contributed by atoms with Gasteiger partial charge in [-0.05, 0) is 24.3 Å². The molecule has 0 spiro atoms. The summed E-state index contributed by atoms with van der Waals surface area (Å²) in [6.45, 7) is 0. The van der Waals surface area contributed by atoms with E-state index in [0.29, 0.717) is 0 Å². The number of carbonyl (C=O) groups excluding carboxylic acids is 1. The average molecular weight is 314 g/mol. The van der Waals surface area contributed by atoms with Gasteiger partial charge in [-0.15, -0.1) is 0 Å². The molecule has 0 saturated carbocycles. The smallest absolute Gasteiger partial charge is 0.250 e. The third kappa shape index (κ3) is 2.79. The lowest BCUT2D eigenvalue weighted by atomic mass is 10.1. The van der Waals surface area contributed by atoms with Crippen molar-refractivity contribution in [1.29, 1.82) is 0 Å². The van der Waals surface area contributed by atoms with E-state index in [0.717, 1.165) is 0 Å². The van der Waals surface area contributed by atoms with Crippen LogP contribution in [-0.4, -0.2) is 5.91 Å². The molecular formula is C13H10Cl2FN3O. The molecule has 5 N–H and O–H groups in total. The second-order valence-corrected chi connectivity index (χ2v) is 4.83. The Labute approximate surface area is 124 Å². The second-order valence-electron chi connectivity index (χ2n) is 4.02. The Bertz CT molecular complexity index is 692. The Hall–Kier alpha value is -1.98. The van der Waals surface area contributed by atoms with E-state index >= 15 is 0 Å². The van der Waals surface area contributed by atoms with Crippen molar-refractivity contribution >= 4 is 46.2 Å². The van der Waals surface area contributed by atoms with Crippen LogP contribution in [0.25, 0.3) is 0 Å². The fraction of sp³-hybridized carbons (Fsp3) is 0. The van der Waals surface area contributed by atoms with Crippen molar-refractivity contribution in [2.45, 2.75) is 0 Å². The molecule has 0 aliphatic rings. The molecule has 0 radical (unpaired) electrons. The number of hydrogen-bond acceptors (Lipinski definition) is 3. The molecule has 20 heavy (non-hydrogen) atoms. The van der Waals surface area contributed by atoms with Crippen LogP contribution < -0.4 is 16.8 Å². The van der Waals surface area contributed by atoms with Crippen molar-refractivity contribution in [3.05, 3.63) is 51.8 Å². The maximum atomic E-state index is 13.9. The fourth-order valence-electron chi connectivity index (χ4n) is 1.68. The van der Waals surface area contributed by atoms with Crippen molar-refractivity contribution in [3.8, 4) is 0 Å². The van der Waals surface area contributed by atoms with Gasteiger partial charge in [0.2, 0.25) is 0 Å². The summed E-state index contributed by atoms with van der Waals surface area (Å²) in [6.07, 6.45) is 0. The molecule has 0 heterocycles. The molecule has 0 aliphatic heterocycles. The van der Waals surface area contributed by atoms with Crippen LogP contribution in [0.15, 0.2) is 30.3 Å². The van der Waals surface area contributed by atoms with E-state index in [1.165, 1.54) is 24.3 Å². The highest BCUT2D eigenvalue weighted by Crippen LogP contribution is 2.33. The topological polar surface area (TPSA) is 81.1 Å². The van der Waals surface area contributed by atoms with Gasteiger partial charge in [0.15, 0.2) is 5.82 Å². The Balaban J connectivity index is 2.53. The monoisotopic (exact) mass is 313 g/mol. The SMILES string of the molecule is NC(=O)c1cc(N)cc(Cl)c1Nc1cccc(Cl)c1F. The number of hydrogen-bond donors (Lipinski definition) is 3. The Kier molecular flexibility index (Phi) is 4.01. The van der Waals surface area contributed by atoms with Crippen molar-refractivity contribution in [2.75, 3.05) is 11.1 Å². The zero-order valence-corrected chi connectivity index (χ0v) is 11.6. The summed E-state index contributed by atoms with van der Waals surface area (Å²) >= 11 is 11.7. The summed E-state index contributed by atoms with van der Waals surface area (Å²) in [7, 11) is 0. The molecule has 104 valence electrons. The van der Waals surface area contributed by atoms with E-state index < -0.39 is 11.7 Å². The quantitative estimate of drug-likeness (QED) is 0.758. The molecule has 4 nitrogen and oxygen atoms in total. The van der Waals surface area contributed by atoms with Crippen LogP contribution in [0.1, 0.15) is 10.4 Å². The molecule has 2 aromatic rings. The summed E-state index contributed by atoms with van der Waals surface area (Å²) < 4.78 is 13.9. The lowest BCUT2D eigenvalue weighted by Crippen LogP contribution is -2.14. The standard InChI is InChI=1S/C13H10Cl2FN3O/c14-8-2-1-3-10(11(8)16)19-12-7(13(18)20)4-6(17)5-9(12)15/h1-5,19H,17H2,(H2,18,20). The number of nitrogens with two attached hydrogens (primary N) is 2. The predicted octanol–water partition coefficient (Wildman–Crippen LogP) is 3.56. The van der Waals surface area contributed by atoms with Crippen molar-refractivity contribution < 1.29 is 9.18 Å². The van der Waals surface area contributed by atoms with Gasteiger partial charge in [0.1, 0.15) is 0 Å². The van der Waals surface area contributed by atoms with Gasteiger partial charge < -0.3 is 16.8 Å². The third-order valence-corrected chi connectivity index (χ3v) is 3.18. The highest BCUT2D eigenvalue weighted by atomic mass is 35.5. The number of amides is 1. The Morgan fingerprint density at radius 1 is 1.20 bits per heavy atom. The molecule has 0 fully saturated rings. The second kappa shape index (κ2) is 5.56. The molecule has 0 bridgehead atoms. The van der Waals surface area contributed by atoms with Crippen LogP contribution in [0.3, 0.4) is 0 Å². The number of nitrogens with one attached hydrogen (secondary N) is 1. The summed E-state index contributed by atoms with van der Waals surface area (Å²) in [6, 6.07) is 7.21. The maximum absolute atomic E-state index is 13.9. The van der Waals surface area contributed by atoms with Crippen LogP contribution >= 0.6 is 23.2 Å². The number of primary amides is 1. The van der Waals surface area contributed by atoms with Crippen molar-refractivity contribution in [1.82, 2.24) is 0 Å². The lowest BCUT2D eigenvalue weighted by molar-refractivity contribution is 0.100. The van der Waals surface area contributed by atoms with E-state index in [-0.39, 0.29) is 32.7 Å². The number of rotatable bonds is 3. The largest absolute Gasteiger partial charge is 0.399 e. The molecule has 7 heteroatoms. The molecule has 0 aliphatic carbocycles. The van der Waals surface area contributed by atoms with Crippen LogP contribution in [0.2, 0.25) is 10.0 Å². The average Bonchev–Trinajstić information content (AvgIpc) is 2.37. The minimum absolute atomic E-state index is 0.0535. The normalized spacial score (nSPS) is 10.3. The van der Waals surface area contributed by atoms with Gasteiger partial charge in [0.05, 0.1) is 27.0 Å². The zero-order valence-electron chi connectivity index (χ0n) is 10.1. The van der Waals surface area contributed by atoms with Gasteiger partial charge in [-0.1, -0.05) is 29.3 Å². The molecular weight excluding hydrogens is 304 g/mol. The van der Waals surface area contributed by atoms with E-state index in [1.54, 1.807) is 6.07 Å². The van der Waals surface area contributed by atoms with Gasteiger partial charge in [-0.2, -0.15) is 0 Å². The first kappa shape index (κ1) is 14.4. The third-order valence-electron chi connectivity index (χ3n) is 2.59. The molecule has 2 aromatic carbocycles. The van der Waals surface area contributed by atoms with Gasteiger partial charge in [-0.3, -0.25) is 4.79 Å². The maximum Gasteiger partial charge on any atom is 0.250 e. The van der Waals surface area contributed by atoms with E-state index in [1.807, 2.05) is 0 Å². The number of halogens is 3. The first-order valence-electron chi connectivity index (χ1n) is 5.50. The number of nitrogen functional groups attached to an aromatic ring is 1. The summed E-state index contributed by atoms with van der Waals surface area (Å²) in [5, 5.41) is 2.81. The van der Waals surface area contributed by atoms with Crippen LogP contribution in [-0.2, 0) is 0 Å². The number of anilines is 3. The van der Waals surface area contributed by atoms with E-state index in [9.17, 15) is 9.18 Å². The van der Waals surface area contributed by atoms with Crippen LogP contribution in [0.4, 0.5) is 21.5 Å². The minimum atomic E-state index is -0.732. The van der Waals surface area contributed by atoms with Crippen LogP contribution in [0.5, 0.6) is 0 Å². The summed E-state index contributed by atoms with van der Waals surface area (Å²) in [4.78, 5) is 11.4.